The highest BCUT2D eigenvalue weighted by molar-refractivity contribution is 5.95. The molecule has 3 rings (SSSR count). The Morgan fingerprint density at radius 2 is 2.05 bits per heavy atom. The highest BCUT2D eigenvalue weighted by Crippen LogP contribution is 2.11. The number of nitrogens with zero attached hydrogens (tertiary/aromatic N) is 4. The van der Waals surface area contributed by atoms with Gasteiger partial charge in [-0.15, -0.1) is 0 Å². The van der Waals surface area contributed by atoms with Crippen LogP contribution in [0.3, 0.4) is 0 Å². The van der Waals surface area contributed by atoms with Gasteiger partial charge in [0, 0.05) is 24.4 Å². The van der Waals surface area contributed by atoms with E-state index in [0.717, 1.165) is 16.6 Å². The molecule has 5 nitrogen and oxygen atoms in total. The van der Waals surface area contributed by atoms with Crippen molar-refractivity contribution in [3.63, 3.8) is 0 Å². The molecule has 0 bridgehead atoms. The topological polar surface area (TPSA) is 50.0 Å². The van der Waals surface area contributed by atoms with Gasteiger partial charge in [0.05, 0.1) is 17.9 Å². The zero-order valence-corrected chi connectivity index (χ0v) is 12.5. The molecule has 0 unspecified atom stereocenters. The number of carbonyl (C=O) groups is 1. The van der Waals surface area contributed by atoms with E-state index in [1.165, 1.54) is 5.01 Å². The Morgan fingerprint density at radius 1 is 1.27 bits per heavy atom. The van der Waals surface area contributed by atoms with E-state index < -0.39 is 0 Å². The summed E-state index contributed by atoms with van der Waals surface area (Å²) in [5.41, 5.74) is 3.59. The van der Waals surface area contributed by atoms with Gasteiger partial charge in [-0.05, 0) is 36.8 Å². The van der Waals surface area contributed by atoms with Gasteiger partial charge >= 0.3 is 0 Å². The quantitative estimate of drug-likeness (QED) is 0.550. The average molecular weight is 292 g/mol. The molecule has 0 N–H and O–H groups in total. The van der Waals surface area contributed by atoms with E-state index in [1.54, 1.807) is 36.1 Å². The summed E-state index contributed by atoms with van der Waals surface area (Å²) in [6, 6.07) is 13.1. The van der Waals surface area contributed by atoms with Gasteiger partial charge in [0.25, 0.3) is 5.91 Å². The molecule has 1 amide bonds. The summed E-state index contributed by atoms with van der Waals surface area (Å²) in [4.78, 5) is 12.2. The third-order valence-corrected chi connectivity index (χ3v) is 3.39. The average Bonchev–Trinajstić information content (AvgIpc) is 2.95. The molecule has 22 heavy (non-hydrogen) atoms. The van der Waals surface area contributed by atoms with Crippen LogP contribution in [0.4, 0.5) is 0 Å². The normalized spacial score (nSPS) is 11.2. The molecule has 0 fully saturated rings. The van der Waals surface area contributed by atoms with Gasteiger partial charge in [0.1, 0.15) is 0 Å². The minimum Gasteiger partial charge on any atom is -0.267 e. The van der Waals surface area contributed by atoms with Crippen molar-refractivity contribution in [3.05, 3.63) is 71.5 Å². The first-order valence-electron chi connectivity index (χ1n) is 6.96. The van der Waals surface area contributed by atoms with E-state index in [1.807, 2.05) is 43.5 Å². The summed E-state index contributed by atoms with van der Waals surface area (Å²) >= 11 is 0. The maximum Gasteiger partial charge on any atom is 0.273 e. The van der Waals surface area contributed by atoms with Crippen molar-refractivity contribution < 1.29 is 4.79 Å². The minimum atomic E-state index is -0.149. The van der Waals surface area contributed by atoms with Crippen LogP contribution in [0.2, 0.25) is 0 Å². The summed E-state index contributed by atoms with van der Waals surface area (Å²) in [5, 5.41) is 9.82. The monoisotopic (exact) mass is 292 g/mol. The Hall–Kier alpha value is -2.95. The van der Waals surface area contributed by atoms with Crippen LogP contribution >= 0.6 is 0 Å². The maximum atomic E-state index is 12.2. The van der Waals surface area contributed by atoms with Gasteiger partial charge < -0.3 is 0 Å². The van der Waals surface area contributed by atoms with Gasteiger partial charge in [0.2, 0.25) is 0 Å². The molecule has 1 aromatic carbocycles. The highest BCUT2D eigenvalue weighted by atomic mass is 16.2. The lowest BCUT2D eigenvalue weighted by Crippen LogP contribution is -2.21. The zero-order valence-electron chi connectivity index (χ0n) is 12.5. The fourth-order valence-corrected chi connectivity index (χ4v) is 2.17. The fourth-order valence-electron chi connectivity index (χ4n) is 2.17. The largest absolute Gasteiger partial charge is 0.273 e. The van der Waals surface area contributed by atoms with Gasteiger partial charge in [0.15, 0.2) is 0 Å². The number of hydrogen-bond donors (Lipinski definition) is 0. The number of amides is 1. The van der Waals surface area contributed by atoms with E-state index in [4.69, 9.17) is 0 Å². The van der Waals surface area contributed by atoms with Crippen molar-refractivity contribution >= 4 is 17.6 Å². The number of pyridine rings is 1. The third kappa shape index (κ3) is 2.74. The van der Waals surface area contributed by atoms with E-state index >= 15 is 0 Å². The maximum absolute atomic E-state index is 12.2. The lowest BCUT2D eigenvalue weighted by molar-refractivity contribution is 0.0800. The van der Waals surface area contributed by atoms with E-state index in [0.29, 0.717) is 5.56 Å². The molecular weight excluding hydrogens is 276 g/mol. The van der Waals surface area contributed by atoms with Crippen LogP contribution in [0.5, 0.6) is 0 Å². The molecule has 0 radical (unpaired) electrons. The molecule has 3 aromatic rings. The van der Waals surface area contributed by atoms with Crippen LogP contribution < -0.4 is 0 Å². The molecule has 0 saturated carbocycles. The van der Waals surface area contributed by atoms with Crippen LogP contribution in [0.1, 0.15) is 21.5 Å². The second kappa shape index (κ2) is 5.81. The first kappa shape index (κ1) is 14.0. The Morgan fingerprint density at radius 3 is 2.82 bits per heavy atom. The predicted molar refractivity (Wildman–Crippen MR) is 86.1 cm³/mol. The molecule has 0 atom stereocenters. The van der Waals surface area contributed by atoms with Crippen molar-refractivity contribution in [3.8, 4) is 0 Å². The molecule has 110 valence electrons. The Kier molecular flexibility index (Phi) is 3.70. The van der Waals surface area contributed by atoms with Crippen molar-refractivity contribution in [2.45, 2.75) is 6.92 Å². The van der Waals surface area contributed by atoms with Gasteiger partial charge in [-0.3, -0.25) is 4.79 Å². The lowest BCUT2D eigenvalue weighted by Gasteiger charge is -2.10. The number of rotatable bonds is 3. The van der Waals surface area contributed by atoms with Gasteiger partial charge in [-0.2, -0.15) is 10.2 Å². The summed E-state index contributed by atoms with van der Waals surface area (Å²) in [7, 11) is 1.64. The smallest absolute Gasteiger partial charge is 0.267 e. The molecule has 0 aliphatic carbocycles. The summed E-state index contributed by atoms with van der Waals surface area (Å²) in [5.74, 6) is -0.149. The number of hydrazone groups is 1. The van der Waals surface area contributed by atoms with Crippen LogP contribution in [-0.4, -0.2) is 33.8 Å². The van der Waals surface area contributed by atoms with Crippen molar-refractivity contribution in [2.75, 3.05) is 7.05 Å². The summed E-state index contributed by atoms with van der Waals surface area (Å²) in [6.07, 6.45) is 5.29. The van der Waals surface area contributed by atoms with E-state index in [2.05, 4.69) is 10.2 Å². The Bertz CT molecular complexity index is 836. The predicted octanol–water partition coefficient (Wildman–Crippen LogP) is 2.75. The number of benzene rings is 1. The summed E-state index contributed by atoms with van der Waals surface area (Å²) < 4.78 is 1.79. The minimum absolute atomic E-state index is 0.149. The molecule has 2 aromatic heterocycles. The van der Waals surface area contributed by atoms with Crippen molar-refractivity contribution in [1.82, 2.24) is 14.6 Å². The first-order chi connectivity index (χ1) is 10.6. The second-order valence-electron chi connectivity index (χ2n) is 5.07. The molecule has 5 heteroatoms. The molecule has 0 spiro atoms. The van der Waals surface area contributed by atoms with E-state index in [-0.39, 0.29) is 5.91 Å². The number of hydrogen-bond acceptors (Lipinski definition) is 3. The fraction of sp³-hybridized carbons (Fsp3) is 0.118. The molecule has 0 aliphatic rings. The zero-order chi connectivity index (χ0) is 15.5. The summed E-state index contributed by atoms with van der Waals surface area (Å²) in [6.45, 7) is 2.03. The molecular formula is C17H16N4O. The Labute approximate surface area is 128 Å². The van der Waals surface area contributed by atoms with Crippen LogP contribution in [-0.2, 0) is 0 Å². The van der Waals surface area contributed by atoms with Crippen LogP contribution in [0.15, 0.2) is 60.0 Å². The molecule has 0 aliphatic heterocycles. The Balaban J connectivity index is 1.83. The third-order valence-electron chi connectivity index (χ3n) is 3.39. The molecule has 0 saturated heterocycles. The lowest BCUT2D eigenvalue weighted by atomic mass is 10.2. The number of fused-ring (bicyclic) bond motifs is 1. The molecule has 2 heterocycles. The van der Waals surface area contributed by atoms with Crippen molar-refractivity contribution in [2.24, 2.45) is 5.10 Å². The van der Waals surface area contributed by atoms with Gasteiger partial charge in [-0.25, -0.2) is 9.52 Å². The highest BCUT2D eigenvalue weighted by Gasteiger charge is 2.09. The van der Waals surface area contributed by atoms with Crippen LogP contribution in [0, 0.1) is 6.92 Å². The SMILES string of the molecule is Cc1ccn2ncc(/C=N/N(C)C(=O)c3ccccc3)c2c1. The number of carbonyl (C=O) groups excluding carboxylic acids is 1. The van der Waals surface area contributed by atoms with Gasteiger partial charge in [-0.1, -0.05) is 18.2 Å². The number of aromatic nitrogens is 2. The van der Waals surface area contributed by atoms with Crippen LogP contribution in [0.25, 0.3) is 5.52 Å². The first-order valence-corrected chi connectivity index (χ1v) is 6.96. The second-order valence-corrected chi connectivity index (χ2v) is 5.07. The van der Waals surface area contributed by atoms with Crippen molar-refractivity contribution in [1.29, 1.82) is 0 Å². The van der Waals surface area contributed by atoms with E-state index in [9.17, 15) is 4.79 Å². The standard InChI is InChI=1S/C17H16N4O/c1-13-8-9-21-16(10-13)15(12-19-21)11-18-20(2)17(22)14-6-4-3-5-7-14/h3-12H,1-2H3/b18-11+. The number of aryl methyl sites for hydroxylation is 1.